The normalized spacial score (nSPS) is 22.2. The molecule has 2 unspecified atom stereocenters. The second kappa shape index (κ2) is 6.94. The van der Waals surface area contributed by atoms with Crippen LogP contribution in [0.5, 0.6) is 0 Å². The van der Waals surface area contributed by atoms with Crippen molar-refractivity contribution in [3.63, 3.8) is 0 Å². The molecule has 2 aromatic rings. The lowest BCUT2D eigenvalue weighted by atomic mass is 9.90. The number of fused-ring (bicyclic) bond motifs is 1. The smallest absolute Gasteiger partial charge is 0.232 e. The van der Waals surface area contributed by atoms with Gasteiger partial charge in [0.25, 0.3) is 0 Å². The molecule has 0 spiro atoms. The Kier molecular flexibility index (Phi) is 4.49. The van der Waals surface area contributed by atoms with Crippen LogP contribution in [-0.2, 0) is 11.3 Å². The van der Waals surface area contributed by atoms with Crippen molar-refractivity contribution >= 4 is 17.2 Å². The first-order valence-corrected chi connectivity index (χ1v) is 8.94. The van der Waals surface area contributed by atoms with E-state index in [-0.39, 0.29) is 18.0 Å². The Morgan fingerprint density at radius 1 is 1.12 bits per heavy atom. The summed E-state index contributed by atoms with van der Waals surface area (Å²) in [5.41, 5.74) is 4.50. The molecule has 0 aliphatic carbocycles. The largest absolute Gasteiger partial charge is 0.343 e. The molecule has 5 heteroatoms. The zero-order chi connectivity index (χ0) is 18.1. The van der Waals surface area contributed by atoms with Crippen molar-refractivity contribution in [2.45, 2.75) is 12.7 Å². The Balaban J connectivity index is 1.74. The molecule has 1 saturated heterocycles. The van der Waals surface area contributed by atoms with Crippen molar-refractivity contribution in [2.75, 3.05) is 25.7 Å². The number of carbonyl (C=O) groups excluding carboxylic acids is 1. The first kappa shape index (κ1) is 16.8. The number of nitrogens with zero attached hydrogens (tertiary/aromatic N) is 2. The van der Waals surface area contributed by atoms with Crippen molar-refractivity contribution < 1.29 is 4.79 Å². The summed E-state index contributed by atoms with van der Waals surface area (Å²) < 4.78 is 0. The van der Waals surface area contributed by atoms with Gasteiger partial charge < -0.3 is 15.1 Å². The Morgan fingerprint density at radius 3 is 2.69 bits per heavy atom. The maximum absolute atomic E-state index is 12.7. The molecular formula is C21H24N4O. The van der Waals surface area contributed by atoms with E-state index in [2.05, 4.69) is 77.1 Å². The van der Waals surface area contributed by atoms with Gasteiger partial charge in [-0.2, -0.15) is 0 Å². The molecule has 0 bridgehead atoms. The fourth-order valence-corrected chi connectivity index (χ4v) is 3.80. The van der Waals surface area contributed by atoms with Gasteiger partial charge >= 0.3 is 0 Å². The van der Waals surface area contributed by atoms with Crippen LogP contribution in [0.4, 0.5) is 5.69 Å². The summed E-state index contributed by atoms with van der Waals surface area (Å²) >= 11 is 0. The van der Waals surface area contributed by atoms with E-state index < -0.39 is 0 Å². The van der Waals surface area contributed by atoms with Crippen molar-refractivity contribution in [3.05, 3.63) is 71.9 Å². The average molecular weight is 348 g/mol. The molecular weight excluding hydrogens is 324 g/mol. The van der Waals surface area contributed by atoms with Gasteiger partial charge in [0.05, 0.1) is 12.6 Å². The van der Waals surface area contributed by atoms with E-state index in [9.17, 15) is 4.79 Å². The number of hydrogen-bond acceptors (Lipinski definition) is 4. The summed E-state index contributed by atoms with van der Waals surface area (Å²) in [6.45, 7) is 1.37. The second-order valence-electron chi connectivity index (χ2n) is 7.11. The number of amides is 1. The highest BCUT2D eigenvalue weighted by molar-refractivity contribution is 5.96. The minimum atomic E-state index is -0.224. The van der Waals surface area contributed by atoms with Crippen molar-refractivity contribution in [1.29, 1.82) is 0 Å². The van der Waals surface area contributed by atoms with Gasteiger partial charge in [0.15, 0.2) is 0 Å². The first-order chi connectivity index (χ1) is 12.6. The van der Waals surface area contributed by atoms with Gasteiger partial charge in [0.1, 0.15) is 6.17 Å². The molecule has 2 aromatic carbocycles. The average Bonchev–Trinajstić information content (AvgIpc) is 3.03. The summed E-state index contributed by atoms with van der Waals surface area (Å²) in [4.78, 5) is 17.0. The lowest BCUT2D eigenvalue weighted by Gasteiger charge is -2.34. The fourth-order valence-electron chi connectivity index (χ4n) is 3.80. The molecule has 4 rings (SSSR count). The highest BCUT2D eigenvalue weighted by Gasteiger charge is 2.43. The van der Waals surface area contributed by atoms with Crippen LogP contribution >= 0.6 is 0 Å². The molecule has 5 nitrogen and oxygen atoms in total. The summed E-state index contributed by atoms with van der Waals surface area (Å²) in [7, 11) is 4.13. The number of rotatable bonds is 4. The van der Waals surface area contributed by atoms with Crippen LogP contribution < -0.4 is 15.5 Å². The van der Waals surface area contributed by atoms with Crippen LogP contribution in [0.3, 0.4) is 0 Å². The van der Waals surface area contributed by atoms with Gasteiger partial charge in [-0.05, 0) is 42.9 Å². The number of carbonyl (C=O) groups is 1. The topological polar surface area (TPSA) is 47.6 Å². The minimum absolute atomic E-state index is 0.0568. The number of para-hydroxylation sites is 1. The molecule has 1 fully saturated rings. The zero-order valence-electron chi connectivity index (χ0n) is 15.1. The Hall–Kier alpha value is -2.63. The van der Waals surface area contributed by atoms with Crippen LogP contribution in [-0.4, -0.2) is 37.7 Å². The van der Waals surface area contributed by atoms with E-state index >= 15 is 0 Å². The van der Waals surface area contributed by atoms with Crippen molar-refractivity contribution in [1.82, 2.24) is 15.5 Å². The van der Waals surface area contributed by atoms with E-state index in [1.54, 1.807) is 0 Å². The lowest BCUT2D eigenvalue weighted by molar-refractivity contribution is -0.125. The molecule has 0 saturated carbocycles. The molecule has 2 atom stereocenters. The monoisotopic (exact) mass is 348 g/mol. The predicted molar refractivity (Wildman–Crippen MR) is 104 cm³/mol. The number of hydrogen-bond donors (Lipinski definition) is 2. The third-order valence-corrected chi connectivity index (χ3v) is 4.90. The molecule has 0 aromatic heterocycles. The predicted octanol–water partition coefficient (Wildman–Crippen LogP) is 2.23. The van der Waals surface area contributed by atoms with E-state index in [1.165, 1.54) is 5.56 Å². The molecule has 2 aliphatic rings. The van der Waals surface area contributed by atoms with Crippen molar-refractivity contribution in [3.8, 4) is 0 Å². The summed E-state index contributed by atoms with van der Waals surface area (Å²) in [5.74, 6) is -0.144. The van der Waals surface area contributed by atoms with E-state index in [0.29, 0.717) is 6.67 Å². The molecule has 134 valence electrons. The summed E-state index contributed by atoms with van der Waals surface area (Å²) in [6.07, 6.45) is 2.07. The van der Waals surface area contributed by atoms with Gasteiger partial charge in [0.2, 0.25) is 5.91 Å². The van der Waals surface area contributed by atoms with E-state index in [1.807, 2.05) is 18.2 Å². The number of anilines is 1. The Labute approximate surface area is 154 Å². The van der Waals surface area contributed by atoms with Gasteiger partial charge in [-0.3, -0.25) is 10.1 Å². The van der Waals surface area contributed by atoms with Crippen LogP contribution in [0, 0.1) is 5.92 Å². The quantitative estimate of drug-likeness (QED) is 0.890. The lowest BCUT2D eigenvalue weighted by Crippen LogP contribution is -2.58. The number of nitrogens with one attached hydrogen (secondary N) is 2. The van der Waals surface area contributed by atoms with Gasteiger partial charge in [0, 0.05) is 18.4 Å². The van der Waals surface area contributed by atoms with Crippen LogP contribution in [0.15, 0.2) is 60.8 Å². The standard InChI is InChI=1S/C21H24N4O/c1-24(2)12-15-7-6-8-16(11-15)18-13-25(17-9-4-3-5-10-17)20-19(18)21(26)23-14-22-20/h3-11,13,19-20,22H,12,14H2,1-2H3,(H,23,26). The molecule has 2 heterocycles. The second-order valence-corrected chi connectivity index (χ2v) is 7.11. The molecule has 2 N–H and O–H groups in total. The van der Waals surface area contributed by atoms with E-state index in [4.69, 9.17) is 0 Å². The fraction of sp³-hybridized carbons (Fsp3) is 0.286. The van der Waals surface area contributed by atoms with Gasteiger partial charge in [-0.1, -0.05) is 42.5 Å². The maximum Gasteiger partial charge on any atom is 0.232 e. The highest BCUT2D eigenvalue weighted by Crippen LogP contribution is 2.38. The molecule has 26 heavy (non-hydrogen) atoms. The highest BCUT2D eigenvalue weighted by atomic mass is 16.2. The van der Waals surface area contributed by atoms with Gasteiger partial charge in [-0.15, -0.1) is 0 Å². The first-order valence-electron chi connectivity index (χ1n) is 8.94. The summed E-state index contributed by atoms with van der Waals surface area (Å²) in [5, 5.41) is 6.39. The zero-order valence-corrected chi connectivity index (χ0v) is 15.1. The Bertz CT molecular complexity index is 831. The number of benzene rings is 2. The minimum Gasteiger partial charge on any atom is -0.343 e. The maximum atomic E-state index is 12.7. The molecule has 0 radical (unpaired) electrons. The van der Waals surface area contributed by atoms with Crippen molar-refractivity contribution in [2.24, 2.45) is 5.92 Å². The van der Waals surface area contributed by atoms with E-state index in [0.717, 1.165) is 23.4 Å². The van der Waals surface area contributed by atoms with Gasteiger partial charge in [-0.25, -0.2) is 0 Å². The molecule has 1 amide bonds. The van der Waals surface area contributed by atoms with Crippen LogP contribution in [0.2, 0.25) is 0 Å². The molecule has 2 aliphatic heterocycles. The van der Waals surface area contributed by atoms with Crippen LogP contribution in [0.1, 0.15) is 11.1 Å². The third-order valence-electron chi connectivity index (χ3n) is 4.90. The third kappa shape index (κ3) is 3.11. The van der Waals surface area contributed by atoms with Crippen LogP contribution in [0.25, 0.3) is 5.57 Å². The Morgan fingerprint density at radius 2 is 1.92 bits per heavy atom. The summed E-state index contributed by atoms with van der Waals surface area (Å²) in [6, 6.07) is 18.7. The SMILES string of the molecule is CN(C)Cc1cccc(C2=CN(c3ccccc3)C3NCNC(=O)C23)c1.